The highest BCUT2D eigenvalue weighted by atomic mass is 35.5. The monoisotopic (exact) mass is 364 g/mol. The second kappa shape index (κ2) is 8.92. The molecule has 0 aromatic carbocycles. The van der Waals surface area contributed by atoms with Crippen LogP contribution >= 0.6 is 12.4 Å². The Balaban J connectivity index is 0.00000225. The third kappa shape index (κ3) is 4.99. The molecule has 7 nitrogen and oxygen atoms in total. The second-order valence-corrected chi connectivity index (χ2v) is 6.52. The summed E-state index contributed by atoms with van der Waals surface area (Å²) in [6.45, 7) is 6.21. The molecule has 136 valence electrons. The molecule has 1 aliphatic heterocycles. The van der Waals surface area contributed by atoms with Gasteiger partial charge in [0.15, 0.2) is 0 Å². The largest absolute Gasteiger partial charge is 0.316 e. The summed E-state index contributed by atoms with van der Waals surface area (Å²) in [5.74, 6) is 1.95. The predicted molar refractivity (Wildman–Crippen MR) is 99.3 cm³/mol. The minimum Gasteiger partial charge on any atom is -0.316 e. The smallest absolute Gasteiger partial charge is 0.252 e. The second-order valence-electron chi connectivity index (χ2n) is 6.52. The van der Waals surface area contributed by atoms with E-state index in [4.69, 9.17) is 0 Å². The molecule has 1 amide bonds. The van der Waals surface area contributed by atoms with Crippen LogP contribution in [-0.2, 0) is 4.79 Å². The average molecular weight is 365 g/mol. The molecule has 0 bridgehead atoms. The van der Waals surface area contributed by atoms with Crippen molar-refractivity contribution in [3.63, 3.8) is 0 Å². The number of hydrogen-bond acceptors (Lipinski definition) is 5. The van der Waals surface area contributed by atoms with Crippen molar-refractivity contribution in [2.24, 2.45) is 5.92 Å². The van der Waals surface area contributed by atoms with Crippen LogP contribution in [0.25, 0.3) is 5.95 Å². The molecule has 1 saturated heterocycles. The lowest BCUT2D eigenvalue weighted by atomic mass is 10.0. The molecule has 1 aliphatic rings. The molecule has 2 aromatic heterocycles. The van der Waals surface area contributed by atoms with Gasteiger partial charge < -0.3 is 10.6 Å². The van der Waals surface area contributed by atoms with Crippen molar-refractivity contribution < 1.29 is 4.79 Å². The summed E-state index contributed by atoms with van der Waals surface area (Å²) in [4.78, 5) is 20.8. The van der Waals surface area contributed by atoms with Crippen LogP contribution in [0.15, 0.2) is 24.5 Å². The molecule has 2 N–H and O–H groups in total. The van der Waals surface area contributed by atoms with Gasteiger partial charge in [0, 0.05) is 24.9 Å². The van der Waals surface area contributed by atoms with Crippen molar-refractivity contribution in [1.82, 2.24) is 25.1 Å². The van der Waals surface area contributed by atoms with Gasteiger partial charge in [0.05, 0.1) is 5.69 Å². The molecule has 2 aromatic rings. The van der Waals surface area contributed by atoms with Crippen molar-refractivity contribution in [2.75, 3.05) is 18.4 Å². The normalized spacial score (nSPS) is 16.7. The van der Waals surface area contributed by atoms with Crippen LogP contribution in [0.1, 0.15) is 44.7 Å². The topological polar surface area (TPSA) is 84.7 Å². The Morgan fingerprint density at radius 3 is 2.80 bits per heavy atom. The van der Waals surface area contributed by atoms with Gasteiger partial charge in [-0.05, 0) is 43.8 Å². The highest BCUT2D eigenvalue weighted by Crippen LogP contribution is 2.21. The van der Waals surface area contributed by atoms with E-state index in [0.29, 0.717) is 24.1 Å². The van der Waals surface area contributed by atoms with Gasteiger partial charge in [0.2, 0.25) is 5.91 Å². The molecule has 8 heteroatoms. The van der Waals surface area contributed by atoms with Gasteiger partial charge >= 0.3 is 0 Å². The number of aromatic nitrogens is 4. The molecule has 0 saturated carbocycles. The first-order valence-corrected chi connectivity index (χ1v) is 8.51. The van der Waals surface area contributed by atoms with E-state index in [-0.39, 0.29) is 24.2 Å². The van der Waals surface area contributed by atoms with Crippen LogP contribution in [0, 0.1) is 5.92 Å². The lowest BCUT2D eigenvalue weighted by Crippen LogP contribution is -2.17. The molecule has 3 heterocycles. The SMILES string of the molecule is CC(C)c1cc(NC(=O)CCC2CCNC2)n(-c2ncccn2)n1.Cl. The maximum atomic E-state index is 12.3. The molecular weight excluding hydrogens is 340 g/mol. The van der Waals surface area contributed by atoms with E-state index in [9.17, 15) is 4.79 Å². The number of hydrogen-bond donors (Lipinski definition) is 2. The molecular formula is C17H25ClN6O. The third-order valence-electron chi connectivity index (χ3n) is 4.27. The summed E-state index contributed by atoms with van der Waals surface area (Å²) >= 11 is 0. The van der Waals surface area contributed by atoms with Gasteiger partial charge in [-0.15, -0.1) is 12.4 Å². The average Bonchev–Trinajstić information content (AvgIpc) is 3.23. The number of nitrogens with one attached hydrogen (secondary N) is 2. The fourth-order valence-electron chi connectivity index (χ4n) is 2.83. The summed E-state index contributed by atoms with van der Waals surface area (Å²) in [6.07, 6.45) is 5.91. The summed E-state index contributed by atoms with van der Waals surface area (Å²) in [5.41, 5.74) is 0.901. The first-order chi connectivity index (χ1) is 11.6. The molecule has 1 atom stereocenters. The van der Waals surface area contributed by atoms with Crippen LogP contribution in [0.5, 0.6) is 0 Å². The van der Waals surface area contributed by atoms with Crippen molar-refractivity contribution in [3.05, 3.63) is 30.2 Å². The molecule has 25 heavy (non-hydrogen) atoms. The van der Waals surface area contributed by atoms with Crippen LogP contribution in [0.2, 0.25) is 0 Å². The molecule has 1 unspecified atom stereocenters. The Hall–Kier alpha value is -1.99. The van der Waals surface area contributed by atoms with Crippen LogP contribution < -0.4 is 10.6 Å². The number of carbonyl (C=O) groups is 1. The van der Waals surface area contributed by atoms with E-state index >= 15 is 0 Å². The van der Waals surface area contributed by atoms with E-state index in [1.807, 2.05) is 6.07 Å². The maximum Gasteiger partial charge on any atom is 0.252 e. The molecule has 0 spiro atoms. The lowest BCUT2D eigenvalue weighted by molar-refractivity contribution is -0.116. The fourth-order valence-corrected chi connectivity index (χ4v) is 2.83. The first-order valence-electron chi connectivity index (χ1n) is 8.51. The van der Waals surface area contributed by atoms with E-state index in [1.165, 1.54) is 0 Å². The van der Waals surface area contributed by atoms with Crippen molar-refractivity contribution >= 4 is 24.1 Å². The molecule has 1 fully saturated rings. The van der Waals surface area contributed by atoms with Crippen molar-refractivity contribution in [2.45, 2.75) is 39.0 Å². The fraction of sp³-hybridized carbons (Fsp3) is 0.529. The van der Waals surface area contributed by atoms with Crippen LogP contribution in [0.4, 0.5) is 5.82 Å². The Labute approximate surface area is 154 Å². The zero-order valence-corrected chi connectivity index (χ0v) is 15.4. The van der Waals surface area contributed by atoms with E-state index in [1.54, 1.807) is 23.1 Å². The zero-order chi connectivity index (χ0) is 16.9. The summed E-state index contributed by atoms with van der Waals surface area (Å²) in [7, 11) is 0. The Bertz CT molecular complexity index is 682. The van der Waals surface area contributed by atoms with Gasteiger partial charge in [0.25, 0.3) is 5.95 Å². The van der Waals surface area contributed by atoms with E-state index in [0.717, 1.165) is 31.6 Å². The summed E-state index contributed by atoms with van der Waals surface area (Å²) in [6, 6.07) is 3.65. The third-order valence-corrected chi connectivity index (χ3v) is 4.27. The Kier molecular flexibility index (Phi) is 6.90. The molecule has 0 aliphatic carbocycles. The Morgan fingerprint density at radius 2 is 2.16 bits per heavy atom. The highest BCUT2D eigenvalue weighted by Gasteiger charge is 2.18. The minimum atomic E-state index is 0. The van der Waals surface area contributed by atoms with Gasteiger partial charge in [-0.2, -0.15) is 9.78 Å². The highest BCUT2D eigenvalue weighted by molar-refractivity contribution is 5.90. The van der Waals surface area contributed by atoms with Crippen LogP contribution in [-0.4, -0.2) is 38.7 Å². The Morgan fingerprint density at radius 1 is 1.40 bits per heavy atom. The number of anilines is 1. The number of carbonyl (C=O) groups excluding carboxylic acids is 1. The van der Waals surface area contributed by atoms with Gasteiger partial charge in [-0.3, -0.25) is 4.79 Å². The lowest BCUT2D eigenvalue weighted by Gasteiger charge is -2.09. The summed E-state index contributed by atoms with van der Waals surface area (Å²) in [5, 5.41) is 10.8. The van der Waals surface area contributed by atoms with Crippen molar-refractivity contribution in [3.8, 4) is 5.95 Å². The quantitative estimate of drug-likeness (QED) is 0.822. The van der Waals surface area contributed by atoms with Crippen molar-refractivity contribution in [1.29, 1.82) is 0 Å². The van der Waals surface area contributed by atoms with Crippen LogP contribution in [0.3, 0.4) is 0 Å². The van der Waals surface area contributed by atoms with E-state index < -0.39 is 0 Å². The number of rotatable bonds is 6. The molecule has 0 radical (unpaired) electrons. The number of halogens is 1. The summed E-state index contributed by atoms with van der Waals surface area (Å²) < 4.78 is 1.60. The maximum absolute atomic E-state index is 12.3. The first kappa shape index (κ1) is 19.3. The predicted octanol–water partition coefficient (Wildman–Crippen LogP) is 2.54. The number of amides is 1. The number of nitrogens with zero attached hydrogens (tertiary/aromatic N) is 4. The minimum absolute atomic E-state index is 0. The standard InChI is InChI=1S/C17H24N6O.ClH/c1-12(2)14-10-15(23(22-14)17-19-7-3-8-20-17)21-16(24)5-4-13-6-9-18-11-13;/h3,7-8,10,12-13,18H,4-6,9,11H2,1-2H3,(H,21,24);1H. The van der Waals surface area contributed by atoms with Gasteiger partial charge in [-0.25, -0.2) is 9.97 Å². The zero-order valence-electron chi connectivity index (χ0n) is 14.6. The van der Waals surface area contributed by atoms with Gasteiger partial charge in [-0.1, -0.05) is 13.8 Å². The molecule has 3 rings (SSSR count). The van der Waals surface area contributed by atoms with E-state index in [2.05, 4.69) is 39.5 Å². The van der Waals surface area contributed by atoms with Gasteiger partial charge in [0.1, 0.15) is 5.82 Å².